The molecular formula is C28H25FN2O2. The van der Waals surface area contributed by atoms with Gasteiger partial charge >= 0.3 is 0 Å². The molecule has 0 radical (unpaired) electrons. The summed E-state index contributed by atoms with van der Waals surface area (Å²) in [5.74, 6) is 0.633. The van der Waals surface area contributed by atoms with Crippen molar-refractivity contribution >= 4 is 16.7 Å². The molecule has 6 rings (SSSR count). The average Bonchev–Trinajstić information content (AvgIpc) is 3.07. The highest BCUT2D eigenvalue weighted by Gasteiger charge is 2.33. The van der Waals surface area contributed by atoms with Crippen molar-refractivity contribution in [2.75, 3.05) is 6.54 Å². The predicted octanol–water partition coefficient (Wildman–Crippen LogP) is 5.68. The molecule has 0 fully saturated rings. The van der Waals surface area contributed by atoms with Crippen LogP contribution in [0.4, 0.5) is 4.39 Å². The maximum atomic E-state index is 13.4. The highest BCUT2D eigenvalue weighted by atomic mass is 19.1. The summed E-state index contributed by atoms with van der Waals surface area (Å²) in [5, 5.41) is 1.19. The Bertz CT molecular complexity index is 1370. The molecule has 4 aromatic rings. The quantitative estimate of drug-likeness (QED) is 0.383. The van der Waals surface area contributed by atoms with E-state index in [2.05, 4.69) is 45.9 Å². The first-order valence-corrected chi connectivity index (χ1v) is 11.6. The Morgan fingerprint density at radius 2 is 1.88 bits per heavy atom. The lowest BCUT2D eigenvalue weighted by molar-refractivity contribution is 0.0789. The van der Waals surface area contributed by atoms with E-state index in [1.54, 1.807) is 12.1 Å². The highest BCUT2D eigenvalue weighted by Crippen LogP contribution is 2.41. The molecule has 3 aromatic carbocycles. The second-order valence-corrected chi connectivity index (χ2v) is 8.85. The van der Waals surface area contributed by atoms with Crippen LogP contribution in [0.25, 0.3) is 16.6 Å². The van der Waals surface area contributed by atoms with Crippen LogP contribution >= 0.6 is 0 Å². The summed E-state index contributed by atoms with van der Waals surface area (Å²) < 4.78 is 22.0. The average molecular weight is 441 g/mol. The van der Waals surface area contributed by atoms with Crippen LogP contribution in [0.15, 0.2) is 66.7 Å². The zero-order valence-electron chi connectivity index (χ0n) is 18.6. The highest BCUT2D eigenvalue weighted by molar-refractivity contribution is 6.00. The van der Waals surface area contributed by atoms with Crippen LogP contribution in [-0.4, -0.2) is 27.8 Å². The van der Waals surface area contributed by atoms with Crippen LogP contribution in [0.2, 0.25) is 0 Å². The van der Waals surface area contributed by atoms with E-state index in [0.717, 1.165) is 24.2 Å². The van der Waals surface area contributed by atoms with Crippen molar-refractivity contribution < 1.29 is 13.9 Å². The van der Waals surface area contributed by atoms with Crippen molar-refractivity contribution in [3.8, 4) is 11.4 Å². The topological polar surface area (TPSA) is 34.5 Å². The molecule has 2 aliphatic heterocycles. The Labute approximate surface area is 192 Å². The molecule has 0 spiro atoms. The number of hydrogen-bond donors (Lipinski definition) is 0. The minimum atomic E-state index is -0.324. The fourth-order valence-corrected chi connectivity index (χ4v) is 5.46. The molecule has 3 heterocycles. The maximum Gasteiger partial charge on any atom is 0.179 e. The van der Waals surface area contributed by atoms with Gasteiger partial charge in [0.15, 0.2) is 5.78 Å². The molecular weight excluding hydrogens is 415 g/mol. The van der Waals surface area contributed by atoms with E-state index in [-0.39, 0.29) is 17.6 Å². The maximum absolute atomic E-state index is 13.4. The molecule has 1 unspecified atom stereocenters. The Morgan fingerprint density at radius 1 is 1.06 bits per heavy atom. The number of ether oxygens (including phenoxy) is 1. The van der Waals surface area contributed by atoms with Crippen molar-refractivity contribution in [3.05, 3.63) is 94.9 Å². The number of hydrogen-bond acceptors (Lipinski definition) is 3. The molecule has 0 bridgehead atoms. The number of para-hydroxylation sites is 2. The van der Waals surface area contributed by atoms with Gasteiger partial charge in [-0.15, -0.1) is 0 Å². The zero-order valence-corrected chi connectivity index (χ0v) is 18.6. The van der Waals surface area contributed by atoms with Crippen LogP contribution in [0.5, 0.6) is 5.75 Å². The van der Waals surface area contributed by atoms with Gasteiger partial charge in [-0.2, -0.15) is 0 Å². The van der Waals surface area contributed by atoms with E-state index in [1.807, 2.05) is 13.0 Å². The van der Waals surface area contributed by atoms with Gasteiger partial charge in [-0.05, 0) is 48.4 Å². The lowest BCUT2D eigenvalue weighted by Crippen LogP contribution is -2.43. The Morgan fingerprint density at radius 3 is 2.70 bits per heavy atom. The number of benzene rings is 3. The molecule has 0 aliphatic carbocycles. The van der Waals surface area contributed by atoms with Gasteiger partial charge in [0.1, 0.15) is 18.2 Å². The fraction of sp³-hybridized carbons (Fsp3) is 0.250. The molecule has 5 heteroatoms. The molecule has 1 aromatic heterocycles. The minimum Gasteiger partial charge on any atom is -0.487 e. The summed E-state index contributed by atoms with van der Waals surface area (Å²) in [6, 6.07) is 20.4. The Hall–Kier alpha value is -3.44. The van der Waals surface area contributed by atoms with Gasteiger partial charge in [-0.25, -0.2) is 4.39 Å². The lowest BCUT2D eigenvalue weighted by atomic mass is 9.96. The lowest BCUT2D eigenvalue weighted by Gasteiger charge is -2.34. The minimum absolute atomic E-state index is 0.0557. The second-order valence-electron chi connectivity index (χ2n) is 8.85. The smallest absolute Gasteiger partial charge is 0.179 e. The van der Waals surface area contributed by atoms with Crippen molar-refractivity contribution in [2.45, 2.75) is 39.0 Å². The number of halogens is 1. The number of carbonyl (C=O) groups excluding carboxylic acids is 1. The molecule has 33 heavy (non-hydrogen) atoms. The van der Waals surface area contributed by atoms with Crippen LogP contribution in [0.1, 0.15) is 40.5 Å². The number of fused-ring (bicyclic) bond motifs is 5. The normalized spacial score (nSPS) is 15.9. The second kappa shape index (κ2) is 7.85. The summed E-state index contributed by atoms with van der Waals surface area (Å²) in [4.78, 5) is 15.6. The number of rotatable bonds is 4. The van der Waals surface area contributed by atoms with Gasteiger partial charge in [0.25, 0.3) is 0 Å². The van der Waals surface area contributed by atoms with Crippen LogP contribution in [-0.2, 0) is 19.6 Å². The van der Waals surface area contributed by atoms with Crippen molar-refractivity contribution in [1.29, 1.82) is 0 Å². The van der Waals surface area contributed by atoms with Crippen LogP contribution in [0, 0.1) is 5.82 Å². The van der Waals surface area contributed by atoms with E-state index >= 15 is 0 Å². The van der Waals surface area contributed by atoms with Crippen molar-refractivity contribution in [2.24, 2.45) is 0 Å². The standard InChI is InChI=1S/C28H25FN2O2/c1-2-23(28(32)18-10-12-20(29)13-11-18)30-15-14-25-22(16-30)21-7-5-9-26-27(21)31(25)24-8-4-3-6-19(24)17-33-26/h3-13,23H,2,14-17H2,1H3. The Kier molecular flexibility index (Phi) is 4.80. The molecule has 1 atom stereocenters. The predicted molar refractivity (Wildman–Crippen MR) is 127 cm³/mol. The molecule has 2 aliphatic rings. The van der Waals surface area contributed by atoms with Gasteiger partial charge in [0.2, 0.25) is 0 Å². The van der Waals surface area contributed by atoms with Crippen LogP contribution < -0.4 is 4.74 Å². The molecule has 0 amide bonds. The summed E-state index contributed by atoms with van der Waals surface area (Å²) in [6.07, 6.45) is 1.56. The molecule has 4 nitrogen and oxygen atoms in total. The van der Waals surface area contributed by atoms with E-state index in [0.29, 0.717) is 25.1 Å². The summed E-state index contributed by atoms with van der Waals surface area (Å²) in [6.45, 7) is 4.11. The molecule has 166 valence electrons. The van der Waals surface area contributed by atoms with Gasteiger partial charge in [-0.1, -0.05) is 37.3 Å². The van der Waals surface area contributed by atoms with Gasteiger partial charge in [0.05, 0.1) is 17.2 Å². The van der Waals surface area contributed by atoms with Gasteiger partial charge < -0.3 is 9.30 Å². The summed E-state index contributed by atoms with van der Waals surface area (Å²) in [7, 11) is 0. The third-order valence-electron chi connectivity index (χ3n) is 7.04. The van der Waals surface area contributed by atoms with E-state index in [4.69, 9.17) is 4.74 Å². The number of ketones is 1. The van der Waals surface area contributed by atoms with E-state index in [9.17, 15) is 9.18 Å². The van der Waals surface area contributed by atoms with Gasteiger partial charge in [0, 0.05) is 41.7 Å². The first-order valence-electron chi connectivity index (χ1n) is 11.6. The number of carbonyl (C=O) groups is 1. The number of aromatic nitrogens is 1. The molecule has 0 saturated heterocycles. The summed E-state index contributed by atoms with van der Waals surface area (Å²) in [5.41, 5.74) is 6.60. The largest absolute Gasteiger partial charge is 0.487 e. The van der Waals surface area contributed by atoms with Crippen molar-refractivity contribution in [3.63, 3.8) is 0 Å². The van der Waals surface area contributed by atoms with Crippen molar-refractivity contribution in [1.82, 2.24) is 9.47 Å². The summed E-state index contributed by atoms with van der Waals surface area (Å²) >= 11 is 0. The molecule has 0 N–H and O–H groups in total. The van der Waals surface area contributed by atoms with Gasteiger partial charge in [-0.3, -0.25) is 9.69 Å². The first-order chi connectivity index (χ1) is 16.2. The SMILES string of the molecule is CCC(C(=O)c1ccc(F)cc1)N1CCc2c(c3cccc4c3n2-c2ccccc2CO4)C1. The first kappa shape index (κ1) is 20.2. The Balaban J connectivity index is 1.43. The van der Waals surface area contributed by atoms with E-state index in [1.165, 1.54) is 40.0 Å². The zero-order chi connectivity index (χ0) is 22.5. The fourth-order valence-electron chi connectivity index (χ4n) is 5.46. The monoisotopic (exact) mass is 440 g/mol. The van der Waals surface area contributed by atoms with E-state index < -0.39 is 0 Å². The number of Topliss-reactive ketones (excluding diaryl/α,β-unsaturated/α-hetero) is 1. The number of nitrogens with zero attached hydrogens (tertiary/aromatic N) is 2. The third-order valence-corrected chi connectivity index (χ3v) is 7.04. The molecule has 0 saturated carbocycles. The third kappa shape index (κ3) is 3.18. The van der Waals surface area contributed by atoms with Crippen LogP contribution in [0.3, 0.4) is 0 Å².